The van der Waals surface area contributed by atoms with Crippen molar-refractivity contribution in [1.29, 1.82) is 0 Å². The third kappa shape index (κ3) is 7.21. The van der Waals surface area contributed by atoms with E-state index in [-0.39, 0.29) is 10.8 Å². The van der Waals surface area contributed by atoms with Crippen LogP contribution in [-0.2, 0) is 16.2 Å². The minimum atomic E-state index is -0.750. The second kappa shape index (κ2) is 17.4. The Balaban J connectivity index is 1.15. The lowest BCUT2D eigenvalue weighted by Crippen LogP contribution is -2.27. The van der Waals surface area contributed by atoms with Gasteiger partial charge < -0.3 is 14.2 Å². The molecular formula is C74H63N2OP. The highest BCUT2D eigenvalue weighted by Gasteiger charge is 2.55. The van der Waals surface area contributed by atoms with Crippen LogP contribution in [0.1, 0.15) is 91.6 Å². The predicted octanol–water partition coefficient (Wildman–Crippen LogP) is 20.2. The van der Waals surface area contributed by atoms with Crippen molar-refractivity contribution in [2.75, 3.05) is 9.80 Å². The van der Waals surface area contributed by atoms with Crippen LogP contribution in [0.2, 0.25) is 0 Å². The second-order valence-electron chi connectivity index (χ2n) is 24.2. The lowest BCUT2D eigenvalue weighted by molar-refractivity contribution is 0.590. The fourth-order valence-electron chi connectivity index (χ4n) is 13.4. The van der Waals surface area contributed by atoms with Crippen LogP contribution in [0.25, 0.3) is 65.7 Å². The molecule has 0 bridgehead atoms. The Morgan fingerprint density at radius 2 is 0.936 bits per heavy atom. The Kier molecular flexibility index (Phi) is 10.7. The Labute approximate surface area is 461 Å². The second-order valence-corrected chi connectivity index (χ2v) is 24.9. The first-order chi connectivity index (χ1) is 37.6. The summed E-state index contributed by atoms with van der Waals surface area (Å²) in [5.74, 6) is 0. The zero-order valence-electron chi connectivity index (χ0n) is 46.0. The van der Waals surface area contributed by atoms with Crippen molar-refractivity contribution < 1.29 is 4.42 Å². The Morgan fingerprint density at radius 1 is 0.397 bits per heavy atom. The third-order valence-corrected chi connectivity index (χ3v) is 17.3. The molecule has 4 heteroatoms. The molecule has 0 amide bonds. The van der Waals surface area contributed by atoms with Gasteiger partial charge in [0.15, 0.2) is 0 Å². The lowest BCUT2D eigenvalue weighted by atomic mass is 9.69. The monoisotopic (exact) mass is 1030 g/mol. The molecule has 380 valence electrons. The molecule has 1 spiro atoms. The fraction of sp³-hybridized carbons (Fsp3) is 0.162. The highest BCUT2D eigenvalue weighted by molar-refractivity contribution is 7.27. The Bertz CT molecular complexity index is 4400. The number of hydrogen-bond donors (Lipinski definition) is 0. The highest BCUT2D eigenvalue weighted by atomic mass is 31.0. The molecular weight excluding hydrogens is 964 g/mol. The van der Waals surface area contributed by atoms with E-state index in [0.29, 0.717) is 0 Å². The fourth-order valence-corrected chi connectivity index (χ4v) is 13.6. The van der Waals surface area contributed by atoms with Gasteiger partial charge in [-0.3, -0.25) is 0 Å². The van der Waals surface area contributed by atoms with E-state index in [4.69, 9.17) is 4.42 Å². The number of rotatable bonds is 6. The smallest absolute Gasteiger partial charge is 0.145 e. The van der Waals surface area contributed by atoms with Crippen LogP contribution >= 0.6 is 9.24 Å². The van der Waals surface area contributed by atoms with Crippen molar-refractivity contribution in [2.45, 2.75) is 78.6 Å². The zero-order chi connectivity index (χ0) is 53.6. The van der Waals surface area contributed by atoms with E-state index in [2.05, 4.69) is 288 Å². The molecule has 0 saturated heterocycles. The average Bonchev–Trinajstić information content (AvgIpc) is 2.78. The molecule has 0 radical (unpaired) electrons. The number of anilines is 6. The summed E-state index contributed by atoms with van der Waals surface area (Å²) in [4.78, 5) is 4.93. The topological polar surface area (TPSA) is 19.6 Å². The average molecular weight is 1030 g/mol. The van der Waals surface area contributed by atoms with Crippen LogP contribution < -0.4 is 15.1 Å². The Hall–Kier alpha value is -8.23. The van der Waals surface area contributed by atoms with Crippen LogP contribution in [0.15, 0.2) is 211 Å². The molecule has 2 atom stereocenters. The maximum atomic E-state index is 7.53. The van der Waals surface area contributed by atoms with Crippen LogP contribution in [0.3, 0.4) is 0 Å². The molecule has 2 aliphatic carbocycles. The minimum absolute atomic E-state index is 0.00614. The van der Waals surface area contributed by atoms with Gasteiger partial charge in [-0.05, 0) is 199 Å². The summed E-state index contributed by atoms with van der Waals surface area (Å²) in [5.41, 5.74) is 24.0. The third-order valence-electron chi connectivity index (χ3n) is 17.0. The summed E-state index contributed by atoms with van der Waals surface area (Å²) in [6.45, 7) is 20.3. The van der Waals surface area contributed by atoms with Crippen LogP contribution in [0.4, 0.5) is 34.1 Å². The van der Waals surface area contributed by atoms with Gasteiger partial charge in [-0.25, -0.2) is 0 Å². The van der Waals surface area contributed by atoms with Crippen molar-refractivity contribution >= 4 is 92.2 Å². The number of hydrogen-bond acceptors (Lipinski definition) is 3. The number of para-hydroxylation sites is 1. The first kappa shape index (κ1) is 48.2. The van der Waals surface area contributed by atoms with Gasteiger partial charge >= 0.3 is 0 Å². The molecule has 78 heavy (non-hydrogen) atoms. The number of furan rings is 1. The summed E-state index contributed by atoms with van der Waals surface area (Å²) in [6.07, 6.45) is 0. The van der Waals surface area contributed by atoms with E-state index in [9.17, 15) is 0 Å². The molecule has 11 aromatic carbocycles. The normalized spacial score (nSPS) is 14.6. The number of aryl methyl sites for hydroxylation is 3. The first-order valence-electron chi connectivity index (χ1n) is 27.5. The summed E-state index contributed by atoms with van der Waals surface area (Å²) >= 11 is 0. The zero-order valence-corrected chi connectivity index (χ0v) is 47.2. The van der Waals surface area contributed by atoms with Crippen LogP contribution in [-0.4, -0.2) is 0 Å². The van der Waals surface area contributed by atoms with Crippen LogP contribution in [0, 0.1) is 20.8 Å². The number of fused-ring (bicyclic) bond motifs is 19. The van der Waals surface area contributed by atoms with E-state index in [1.807, 2.05) is 0 Å². The van der Waals surface area contributed by atoms with Gasteiger partial charge in [0.2, 0.25) is 0 Å². The standard InChI is InChI=1S/C74H63N2OP/c1-44-16-14-18-51(38-44)75(49-29-25-47(26-30-49)72(4,5)6)53-33-35-57-59(41-53)55-20-10-11-21-56(55)68-69-64(74(70(57)68)62-36-24-46(3)40-60(62)61-42-54(78)34-37-63(61)74)43-65(67-58-22-12-13-23-66(58)77-71(67)69)76(52-19-15-17-45(2)39-52)50-31-27-48(28-32-50)73(7,8)9/h10-43H,78H2,1-9H3. The summed E-state index contributed by atoms with van der Waals surface area (Å²) in [5, 5.41) is 8.21. The van der Waals surface area contributed by atoms with Crippen molar-refractivity contribution in [2.24, 2.45) is 0 Å². The molecule has 0 N–H and O–H groups in total. The van der Waals surface area contributed by atoms with E-state index in [0.717, 1.165) is 66.9 Å². The van der Waals surface area contributed by atoms with Gasteiger partial charge in [-0.2, -0.15) is 0 Å². The van der Waals surface area contributed by atoms with E-state index < -0.39 is 5.41 Å². The van der Waals surface area contributed by atoms with Gasteiger partial charge in [0.1, 0.15) is 11.2 Å². The van der Waals surface area contributed by atoms with E-state index in [1.165, 1.54) is 88.3 Å². The van der Waals surface area contributed by atoms with Crippen molar-refractivity contribution in [3.8, 4) is 22.3 Å². The van der Waals surface area contributed by atoms with Gasteiger partial charge in [0, 0.05) is 39.4 Å². The lowest BCUT2D eigenvalue weighted by Gasteiger charge is -2.34. The highest BCUT2D eigenvalue weighted by Crippen LogP contribution is 2.68. The summed E-state index contributed by atoms with van der Waals surface area (Å²) < 4.78 is 7.53. The first-order valence-corrected chi connectivity index (χ1v) is 28.1. The quantitative estimate of drug-likeness (QED) is 0.122. The van der Waals surface area contributed by atoms with E-state index >= 15 is 0 Å². The molecule has 14 rings (SSSR count). The maximum Gasteiger partial charge on any atom is 0.145 e. The molecule has 0 saturated carbocycles. The van der Waals surface area contributed by atoms with E-state index in [1.54, 1.807) is 0 Å². The molecule has 12 aromatic rings. The largest absolute Gasteiger partial charge is 0.455 e. The number of benzene rings is 11. The molecule has 2 aliphatic rings. The molecule has 2 unspecified atom stereocenters. The maximum absolute atomic E-state index is 7.53. The number of nitrogens with zero attached hydrogens (tertiary/aromatic N) is 2. The molecule has 1 heterocycles. The minimum Gasteiger partial charge on any atom is -0.455 e. The van der Waals surface area contributed by atoms with Gasteiger partial charge in [0.05, 0.1) is 16.5 Å². The van der Waals surface area contributed by atoms with Crippen LogP contribution in [0.5, 0.6) is 0 Å². The summed E-state index contributed by atoms with van der Waals surface area (Å²) in [7, 11) is 3.01. The predicted molar refractivity (Wildman–Crippen MR) is 335 cm³/mol. The van der Waals surface area contributed by atoms with Gasteiger partial charge in [0.25, 0.3) is 0 Å². The molecule has 1 aromatic heterocycles. The van der Waals surface area contributed by atoms with Crippen molar-refractivity contribution in [3.05, 3.63) is 256 Å². The molecule has 3 nitrogen and oxygen atoms in total. The van der Waals surface area contributed by atoms with Crippen molar-refractivity contribution in [1.82, 2.24) is 0 Å². The SMILES string of the molecule is Cc1cccc(N(c2ccc(C(C)(C)C)cc2)c2ccc3c4c(c5ccccc5c3c2)-c2c(cc(N(c3ccc(C(C)(C)C)cc3)c3cccc(C)c3)c3c2oc2ccccc23)C42c3ccc(C)cc3-c3cc(P)ccc32)c1. The summed E-state index contributed by atoms with van der Waals surface area (Å²) in [6, 6.07) is 78.3. The van der Waals surface area contributed by atoms with Gasteiger partial charge in [-0.1, -0.05) is 174 Å². The molecule has 0 fully saturated rings. The molecule has 0 aliphatic heterocycles. The van der Waals surface area contributed by atoms with Crippen molar-refractivity contribution in [3.63, 3.8) is 0 Å². The Morgan fingerprint density at radius 3 is 1.58 bits per heavy atom. The van der Waals surface area contributed by atoms with Gasteiger partial charge in [-0.15, -0.1) is 9.24 Å².